The van der Waals surface area contributed by atoms with E-state index in [1.54, 1.807) is 43.3 Å². The summed E-state index contributed by atoms with van der Waals surface area (Å²) in [5.41, 5.74) is 2.22. The number of alkyl halides is 3. The van der Waals surface area contributed by atoms with Gasteiger partial charge >= 0.3 is 6.18 Å². The predicted molar refractivity (Wildman–Crippen MR) is 168 cm³/mol. The van der Waals surface area contributed by atoms with Gasteiger partial charge in [0, 0.05) is 53.0 Å². The first-order chi connectivity index (χ1) is 22.4. The van der Waals surface area contributed by atoms with Gasteiger partial charge in [-0.25, -0.2) is 4.98 Å². The number of anilines is 2. The van der Waals surface area contributed by atoms with Gasteiger partial charge in [0.1, 0.15) is 6.04 Å². The zero-order chi connectivity index (χ0) is 33.7. The van der Waals surface area contributed by atoms with Crippen molar-refractivity contribution in [2.45, 2.75) is 32.6 Å². The van der Waals surface area contributed by atoms with Crippen LogP contribution in [-0.4, -0.2) is 61.8 Å². The molecule has 0 radical (unpaired) electrons. The Morgan fingerprint density at radius 2 is 1.83 bits per heavy atom. The molecule has 0 saturated carbocycles. The van der Waals surface area contributed by atoms with Gasteiger partial charge in [0.05, 0.1) is 24.0 Å². The minimum atomic E-state index is -4.66. The molecule has 5 rings (SSSR count). The molecule has 0 aliphatic heterocycles. The van der Waals surface area contributed by atoms with Crippen molar-refractivity contribution >= 4 is 40.0 Å². The summed E-state index contributed by atoms with van der Waals surface area (Å²) in [4.78, 5) is 41.8. The molecule has 3 aromatic carbocycles. The molecule has 3 amide bonds. The molecule has 0 fully saturated rings. The summed E-state index contributed by atoms with van der Waals surface area (Å²) < 4.78 is 42.5. The summed E-state index contributed by atoms with van der Waals surface area (Å²) in [5.74, 6) is -1.68. The monoisotopic (exact) mass is 648 g/mol. The van der Waals surface area contributed by atoms with E-state index in [0.717, 1.165) is 17.7 Å². The Labute approximate surface area is 266 Å². The number of halogens is 3. The molecule has 0 bridgehead atoms. The van der Waals surface area contributed by atoms with Gasteiger partial charge in [-0.05, 0) is 67.9 Å². The zero-order valence-electron chi connectivity index (χ0n) is 25.3. The molecule has 6 N–H and O–H groups in total. The molecule has 0 spiro atoms. The Morgan fingerprint density at radius 1 is 1.02 bits per heavy atom. The van der Waals surface area contributed by atoms with Crippen LogP contribution in [0.3, 0.4) is 0 Å². The first kappa shape index (κ1) is 32.7. The van der Waals surface area contributed by atoms with Crippen LogP contribution >= 0.6 is 0 Å². The van der Waals surface area contributed by atoms with Crippen molar-refractivity contribution < 1.29 is 32.7 Å². The number of carbonyl (C=O) groups excluding carboxylic acids is 3. The second-order valence-electron chi connectivity index (χ2n) is 10.7. The van der Waals surface area contributed by atoms with E-state index in [2.05, 4.69) is 36.4 Å². The average Bonchev–Trinajstić information content (AvgIpc) is 3.68. The minimum Gasteiger partial charge on any atom is -0.395 e. The van der Waals surface area contributed by atoms with Crippen molar-refractivity contribution in [3.63, 3.8) is 0 Å². The fourth-order valence-corrected chi connectivity index (χ4v) is 4.81. The Bertz CT molecular complexity index is 1940. The number of carbonyl (C=O) groups is 3. The first-order valence-corrected chi connectivity index (χ1v) is 14.5. The third kappa shape index (κ3) is 7.76. The number of aryl methyl sites for hydroxylation is 1. The molecule has 0 aliphatic carbocycles. The minimum absolute atomic E-state index is 0.0764. The van der Waals surface area contributed by atoms with Gasteiger partial charge in [0.2, 0.25) is 5.91 Å². The van der Waals surface area contributed by atoms with E-state index in [-0.39, 0.29) is 30.1 Å². The molecule has 2 aromatic heterocycles. The standard InChI is InChI=1S/C32H31F3N8O4/c1-18-15-36-17-43(18)25-12-21(11-22(13-25)32(33,34)35)30(46)40-24-5-3-4-20(10-24)16-38-23-6-7-26-27(14-23)41-42-28(26)31(47)39-19(2)29(45)37-8-9-44/h3-7,10-15,17,19,38,44H,8-9,16H2,1-2H3,(H,37,45)(H,39,47)(H,40,46)(H,41,42)/t19-/m0/s1. The lowest BCUT2D eigenvalue weighted by Crippen LogP contribution is -2.45. The van der Waals surface area contributed by atoms with Crippen LogP contribution in [0.15, 0.2) is 73.2 Å². The molecule has 1 atom stereocenters. The van der Waals surface area contributed by atoms with Gasteiger partial charge in [-0.1, -0.05) is 12.1 Å². The zero-order valence-corrected chi connectivity index (χ0v) is 25.3. The lowest BCUT2D eigenvalue weighted by Gasteiger charge is -2.14. The second-order valence-corrected chi connectivity index (χ2v) is 10.7. The molecular weight excluding hydrogens is 617 g/mol. The van der Waals surface area contributed by atoms with Gasteiger partial charge in [-0.3, -0.25) is 19.5 Å². The smallest absolute Gasteiger partial charge is 0.395 e. The SMILES string of the molecule is Cc1cncn1-c1cc(C(=O)Nc2cccc(CNc3ccc4c(C(=O)N[C@@H](C)C(=O)NCCO)n[nH]c4c3)c2)cc(C(F)(F)F)c1. The lowest BCUT2D eigenvalue weighted by atomic mass is 10.1. The van der Waals surface area contributed by atoms with Crippen LogP contribution in [0.25, 0.3) is 16.6 Å². The van der Waals surface area contributed by atoms with Crippen LogP contribution < -0.4 is 21.3 Å². The summed E-state index contributed by atoms with van der Waals surface area (Å²) in [6, 6.07) is 14.4. The fraction of sp³-hybridized carbons (Fsp3) is 0.219. The fourth-order valence-electron chi connectivity index (χ4n) is 4.81. The number of hydrogen-bond donors (Lipinski definition) is 6. The van der Waals surface area contributed by atoms with Gasteiger partial charge in [0.15, 0.2) is 5.69 Å². The van der Waals surface area contributed by atoms with E-state index in [1.165, 1.54) is 30.1 Å². The van der Waals surface area contributed by atoms with Gasteiger partial charge in [-0.15, -0.1) is 0 Å². The number of hydrogen-bond acceptors (Lipinski definition) is 7. The first-order valence-electron chi connectivity index (χ1n) is 14.5. The number of aromatic amines is 1. The van der Waals surface area contributed by atoms with Crippen LogP contribution in [0.2, 0.25) is 0 Å². The number of aliphatic hydroxyl groups excluding tert-OH is 1. The highest BCUT2D eigenvalue weighted by atomic mass is 19.4. The largest absolute Gasteiger partial charge is 0.416 e. The van der Waals surface area contributed by atoms with Crippen molar-refractivity contribution in [2.75, 3.05) is 23.8 Å². The summed E-state index contributed by atoms with van der Waals surface area (Å²) in [7, 11) is 0. The number of imidazole rings is 1. The number of fused-ring (bicyclic) bond motifs is 1. The quantitative estimate of drug-likeness (QED) is 0.125. The van der Waals surface area contributed by atoms with Gasteiger partial charge in [0.25, 0.3) is 11.8 Å². The number of nitrogens with one attached hydrogen (secondary N) is 5. The van der Waals surface area contributed by atoms with E-state index in [1.807, 2.05) is 6.07 Å². The van der Waals surface area contributed by atoms with Crippen LogP contribution in [0, 0.1) is 6.92 Å². The molecule has 15 heteroatoms. The van der Waals surface area contributed by atoms with Gasteiger partial charge in [-0.2, -0.15) is 18.3 Å². The van der Waals surface area contributed by atoms with Crippen molar-refractivity contribution in [3.8, 4) is 5.69 Å². The molecule has 0 saturated heterocycles. The Hall–Kier alpha value is -5.70. The Morgan fingerprint density at radius 3 is 2.55 bits per heavy atom. The highest BCUT2D eigenvalue weighted by Gasteiger charge is 2.32. The number of aliphatic hydroxyl groups is 1. The molecule has 5 aromatic rings. The number of benzene rings is 3. The third-order valence-electron chi connectivity index (χ3n) is 7.22. The summed E-state index contributed by atoms with van der Waals surface area (Å²) >= 11 is 0. The predicted octanol–water partition coefficient (Wildman–Crippen LogP) is 4.17. The van der Waals surface area contributed by atoms with Crippen LogP contribution in [0.1, 0.15) is 44.6 Å². The number of H-pyrrole nitrogens is 1. The van der Waals surface area contributed by atoms with Gasteiger partial charge < -0.3 is 30.9 Å². The highest BCUT2D eigenvalue weighted by molar-refractivity contribution is 6.06. The average molecular weight is 649 g/mol. The normalized spacial score (nSPS) is 12.0. The molecule has 47 heavy (non-hydrogen) atoms. The van der Waals surface area contributed by atoms with Crippen molar-refractivity contribution in [1.82, 2.24) is 30.4 Å². The summed E-state index contributed by atoms with van der Waals surface area (Å²) in [5, 5.41) is 27.3. The van der Waals surface area contributed by atoms with Crippen molar-refractivity contribution in [3.05, 3.63) is 101 Å². The molecule has 0 unspecified atom stereocenters. The number of amides is 3. The maximum atomic E-state index is 13.7. The maximum absolute atomic E-state index is 13.7. The lowest BCUT2D eigenvalue weighted by molar-refractivity contribution is -0.137. The van der Waals surface area contributed by atoms with Crippen LogP contribution in [0.5, 0.6) is 0 Å². The molecule has 244 valence electrons. The Balaban J connectivity index is 1.25. The van der Waals surface area contributed by atoms with E-state index >= 15 is 0 Å². The number of rotatable bonds is 11. The highest BCUT2D eigenvalue weighted by Crippen LogP contribution is 2.32. The van der Waals surface area contributed by atoms with Crippen molar-refractivity contribution in [2.24, 2.45) is 0 Å². The van der Waals surface area contributed by atoms with E-state index in [9.17, 15) is 27.6 Å². The second kappa shape index (κ2) is 13.7. The molecule has 12 nitrogen and oxygen atoms in total. The number of nitrogens with zero attached hydrogens (tertiary/aromatic N) is 3. The summed E-state index contributed by atoms with van der Waals surface area (Å²) in [6.07, 6.45) is -1.76. The number of aromatic nitrogens is 4. The molecular formula is C32H31F3N8O4. The Kier molecular flexibility index (Phi) is 9.56. The van der Waals surface area contributed by atoms with E-state index in [0.29, 0.717) is 34.5 Å². The van der Waals surface area contributed by atoms with E-state index in [4.69, 9.17) is 5.11 Å². The summed E-state index contributed by atoms with van der Waals surface area (Å²) in [6.45, 7) is 3.42. The maximum Gasteiger partial charge on any atom is 0.416 e. The molecule has 0 aliphatic rings. The third-order valence-corrected chi connectivity index (χ3v) is 7.22. The van der Waals surface area contributed by atoms with Crippen LogP contribution in [-0.2, 0) is 17.5 Å². The van der Waals surface area contributed by atoms with Crippen molar-refractivity contribution in [1.29, 1.82) is 0 Å². The van der Waals surface area contributed by atoms with E-state index < -0.39 is 35.5 Å². The topological polar surface area (TPSA) is 166 Å². The molecule has 2 heterocycles. The van der Waals surface area contributed by atoms with Crippen LogP contribution in [0.4, 0.5) is 24.5 Å².